The number of hydrogen-bond donors (Lipinski definition) is 1. The molecule has 20 heavy (non-hydrogen) atoms. The van der Waals surface area contributed by atoms with Gasteiger partial charge in [0.25, 0.3) is 0 Å². The second kappa shape index (κ2) is 5.19. The van der Waals surface area contributed by atoms with Crippen molar-refractivity contribution in [3.8, 4) is 0 Å². The van der Waals surface area contributed by atoms with Gasteiger partial charge in [0.15, 0.2) is 0 Å². The lowest BCUT2D eigenvalue weighted by Crippen LogP contribution is -2.37. The number of aromatic nitrogens is 1. The van der Waals surface area contributed by atoms with E-state index in [0.29, 0.717) is 12.0 Å². The molecule has 2 heterocycles. The van der Waals surface area contributed by atoms with Crippen molar-refractivity contribution in [3.63, 3.8) is 0 Å². The van der Waals surface area contributed by atoms with E-state index in [1.807, 2.05) is 24.5 Å². The molecule has 0 spiro atoms. The first-order chi connectivity index (χ1) is 9.56. The van der Waals surface area contributed by atoms with Crippen LogP contribution in [0.15, 0.2) is 48.8 Å². The average Bonchev–Trinajstić information content (AvgIpc) is 2.76. The summed E-state index contributed by atoms with van der Waals surface area (Å²) in [5.41, 5.74) is 2.68. The lowest BCUT2D eigenvalue weighted by molar-refractivity contribution is 0.397. The zero-order valence-electron chi connectivity index (χ0n) is 11.8. The molecular weight excluding hydrogens is 268 g/mol. The first kappa shape index (κ1) is 13.6. The highest BCUT2D eigenvalue weighted by Gasteiger charge is 2.41. The normalized spacial score (nSPS) is 24.8. The number of rotatable bonds is 2. The number of nitrogens with one attached hydrogen (secondary N) is 1. The fraction of sp³-hybridized carbons (Fsp3) is 0.353. The maximum Gasteiger partial charge on any atom is 0.0409 e. The lowest BCUT2D eigenvalue weighted by atomic mass is 9.83. The van der Waals surface area contributed by atoms with E-state index in [1.54, 1.807) is 0 Å². The van der Waals surface area contributed by atoms with E-state index in [2.05, 4.69) is 48.4 Å². The van der Waals surface area contributed by atoms with Gasteiger partial charge in [0, 0.05) is 34.9 Å². The molecule has 2 nitrogen and oxygen atoms in total. The van der Waals surface area contributed by atoms with E-state index in [0.717, 1.165) is 11.4 Å². The van der Waals surface area contributed by atoms with Crippen molar-refractivity contribution in [2.24, 2.45) is 0 Å². The van der Waals surface area contributed by atoms with Gasteiger partial charge in [-0.15, -0.1) is 0 Å². The molecular formula is C17H19ClN2. The second-order valence-electron chi connectivity index (χ2n) is 6.04. The number of nitrogens with zero attached hydrogens (tertiary/aromatic N) is 1. The first-order valence-corrected chi connectivity index (χ1v) is 7.37. The Labute approximate surface area is 125 Å². The quantitative estimate of drug-likeness (QED) is 0.889. The lowest BCUT2D eigenvalue weighted by Gasteiger charge is -2.27. The molecule has 2 unspecified atom stereocenters. The number of pyridine rings is 1. The van der Waals surface area contributed by atoms with Crippen molar-refractivity contribution in [2.75, 3.05) is 0 Å². The highest BCUT2D eigenvalue weighted by atomic mass is 35.5. The summed E-state index contributed by atoms with van der Waals surface area (Å²) in [6.45, 7) is 4.53. The Balaban J connectivity index is 1.89. The van der Waals surface area contributed by atoms with E-state index in [9.17, 15) is 0 Å². The molecule has 3 heteroatoms. The molecule has 1 N–H and O–H groups in total. The summed E-state index contributed by atoms with van der Waals surface area (Å²) < 4.78 is 0. The van der Waals surface area contributed by atoms with Crippen LogP contribution in [0.1, 0.15) is 43.4 Å². The van der Waals surface area contributed by atoms with Gasteiger partial charge in [0.1, 0.15) is 0 Å². The molecule has 1 aliphatic heterocycles. The smallest absolute Gasteiger partial charge is 0.0409 e. The van der Waals surface area contributed by atoms with Crippen LogP contribution in [-0.4, -0.2) is 10.5 Å². The van der Waals surface area contributed by atoms with Crippen molar-refractivity contribution in [3.05, 3.63) is 64.9 Å². The predicted molar refractivity (Wildman–Crippen MR) is 83.0 cm³/mol. The summed E-state index contributed by atoms with van der Waals surface area (Å²) in [5.74, 6) is 0.481. The van der Waals surface area contributed by atoms with Gasteiger partial charge in [-0.2, -0.15) is 0 Å². The van der Waals surface area contributed by atoms with E-state index in [1.165, 1.54) is 11.1 Å². The standard InChI is InChI=1S/C17H19ClN2/c1-17(2)15(12-6-8-19-9-7-12)11-16(20-17)13-4-3-5-14(18)10-13/h3-10,15-16,20H,11H2,1-2H3. The summed E-state index contributed by atoms with van der Waals surface area (Å²) in [7, 11) is 0. The molecule has 104 valence electrons. The molecule has 1 aromatic heterocycles. The molecule has 0 radical (unpaired) electrons. The van der Waals surface area contributed by atoms with E-state index >= 15 is 0 Å². The van der Waals surface area contributed by atoms with Gasteiger partial charge < -0.3 is 5.32 Å². The van der Waals surface area contributed by atoms with Gasteiger partial charge in [-0.25, -0.2) is 0 Å². The maximum absolute atomic E-state index is 6.11. The number of benzene rings is 1. The fourth-order valence-electron chi connectivity index (χ4n) is 3.23. The zero-order chi connectivity index (χ0) is 14.2. The van der Waals surface area contributed by atoms with Crippen LogP contribution in [0.4, 0.5) is 0 Å². The second-order valence-corrected chi connectivity index (χ2v) is 6.48. The van der Waals surface area contributed by atoms with Gasteiger partial charge >= 0.3 is 0 Å². The van der Waals surface area contributed by atoms with Crippen LogP contribution in [0.2, 0.25) is 5.02 Å². The summed E-state index contributed by atoms with van der Waals surface area (Å²) in [4.78, 5) is 4.12. The maximum atomic E-state index is 6.11. The third-order valence-corrected chi connectivity index (χ3v) is 4.48. The molecule has 0 saturated carbocycles. The molecule has 2 atom stereocenters. The molecule has 0 amide bonds. The van der Waals surface area contributed by atoms with Gasteiger partial charge in [0.05, 0.1) is 0 Å². The van der Waals surface area contributed by atoms with Crippen molar-refractivity contribution in [1.82, 2.24) is 10.3 Å². The van der Waals surface area contributed by atoms with Crippen molar-refractivity contribution in [1.29, 1.82) is 0 Å². The van der Waals surface area contributed by atoms with Gasteiger partial charge in [0.2, 0.25) is 0 Å². The van der Waals surface area contributed by atoms with Crippen LogP contribution >= 0.6 is 11.6 Å². The molecule has 1 fully saturated rings. The largest absolute Gasteiger partial charge is 0.304 e. The molecule has 0 aliphatic carbocycles. The minimum absolute atomic E-state index is 0.0638. The Morgan fingerprint density at radius 3 is 2.60 bits per heavy atom. The van der Waals surface area contributed by atoms with Gasteiger partial charge in [-0.05, 0) is 55.7 Å². The minimum atomic E-state index is 0.0638. The molecule has 0 bridgehead atoms. The van der Waals surface area contributed by atoms with Crippen LogP contribution in [0.25, 0.3) is 0 Å². The Bertz CT molecular complexity index is 595. The Morgan fingerprint density at radius 1 is 1.15 bits per heavy atom. The zero-order valence-corrected chi connectivity index (χ0v) is 12.6. The first-order valence-electron chi connectivity index (χ1n) is 6.99. The predicted octanol–water partition coefficient (Wildman–Crippen LogP) is 4.33. The van der Waals surface area contributed by atoms with E-state index in [4.69, 9.17) is 11.6 Å². The van der Waals surface area contributed by atoms with Crippen LogP contribution in [0, 0.1) is 0 Å². The third kappa shape index (κ3) is 2.58. The van der Waals surface area contributed by atoms with Crippen LogP contribution < -0.4 is 5.32 Å². The van der Waals surface area contributed by atoms with Crippen molar-refractivity contribution < 1.29 is 0 Å². The van der Waals surface area contributed by atoms with Crippen LogP contribution in [-0.2, 0) is 0 Å². The Morgan fingerprint density at radius 2 is 1.90 bits per heavy atom. The number of halogens is 1. The molecule has 1 saturated heterocycles. The summed E-state index contributed by atoms with van der Waals surface area (Å²) in [6.07, 6.45) is 4.83. The third-order valence-electron chi connectivity index (χ3n) is 4.25. The topological polar surface area (TPSA) is 24.9 Å². The Hall–Kier alpha value is -1.38. The van der Waals surface area contributed by atoms with Crippen LogP contribution in [0.3, 0.4) is 0 Å². The summed E-state index contributed by atoms with van der Waals surface area (Å²) in [5, 5.41) is 4.54. The van der Waals surface area contributed by atoms with E-state index in [-0.39, 0.29) is 5.54 Å². The Kier molecular flexibility index (Phi) is 3.53. The molecule has 2 aromatic rings. The fourth-order valence-corrected chi connectivity index (χ4v) is 3.43. The minimum Gasteiger partial charge on any atom is -0.304 e. The summed E-state index contributed by atoms with van der Waals surface area (Å²) >= 11 is 6.11. The van der Waals surface area contributed by atoms with Crippen LogP contribution in [0.5, 0.6) is 0 Å². The highest BCUT2D eigenvalue weighted by Crippen LogP contribution is 2.43. The molecule has 1 aromatic carbocycles. The monoisotopic (exact) mass is 286 g/mol. The number of hydrogen-bond acceptors (Lipinski definition) is 2. The SMILES string of the molecule is CC1(C)NC(c2cccc(Cl)c2)CC1c1ccncc1. The van der Waals surface area contributed by atoms with Gasteiger partial charge in [-0.3, -0.25) is 4.98 Å². The summed E-state index contributed by atoms with van der Waals surface area (Å²) in [6, 6.07) is 12.7. The molecule has 3 rings (SSSR count). The average molecular weight is 287 g/mol. The van der Waals surface area contributed by atoms with E-state index < -0.39 is 0 Å². The van der Waals surface area contributed by atoms with Crippen molar-refractivity contribution >= 4 is 11.6 Å². The highest BCUT2D eigenvalue weighted by molar-refractivity contribution is 6.30. The van der Waals surface area contributed by atoms with Gasteiger partial charge in [-0.1, -0.05) is 23.7 Å². The van der Waals surface area contributed by atoms with Crippen molar-refractivity contribution in [2.45, 2.75) is 37.8 Å². The molecule has 1 aliphatic rings.